The van der Waals surface area contributed by atoms with Crippen LogP contribution in [0.4, 0.5) is 0 Å². The second kappa shape index (κ2) is 45.3. The Morgan fingerprint density at radius 3 is 0.356 bits per heavy atom. The standard InChI is InChI=1S/2C52H58O14/c2*53-11-1-2-39(18-37-14-29(3-7-33-20-41(55)49(63)42(56)21-33)12-30(15-37)4-8-34-22-43(57)50(64)44(58)23-34)40(28-54)19-38-16-31(5-9-35-24-45(59)51(65)46(60)25-35)13-32(17-38)6-10-36-26-47(61)52(66)48(62)27-36/h2*12-17,20-27,39-40,53-66H,1-11,18-19,28H2/t2*39-,40+/m10/s1. The molecule has 0 saturated heterocycles. The molecule has 0 amide bonds. The minimum atomic E-state index is -0.601. The van der Waals surface area contributed by atoms with E-state index in [0.29, 0.717) is 199 Å². The van der Waals surface area contributed by atoms with Crippen LogP contribution in [0.2, 0.25) is 0 Å². The van der Waals surface area contributed by atoms with Crippen LogP contribution in [0.1, 0.15) is 137 Å². The molecule has 0 spiro atoms. The second-order valence-electron chi connectivity index (χ2n) is 34.4. The number of aryl methyl sites for hydroxylation is 16. The zero-order valence-corrected chi connectivity index (χ0v) is 72.8. The summed E-state index contributed by atoms with van der Waals surface area (Å²) in [6.45, 7) is -0.435. The number of phenols is 24. The Kier molecular flexibility index (Phi) is 33.7. The van der Waals surface area contributed by atoms with E-state index in [0.717, 1.165) is 66.8 Å². The lowest BCUT2D eigenvalue weighted by Gasteiger charge is -2.27. The SMILES string of the molecule is OCCC[C@@H](Cc1cc(CCc2cc(O)c(O)c(O)c2)cc(CCc2cc(O)c(O)c(O)c2)c1)[C@@H](CO)Cc1cc(CCc2cc(O)c(O)c(O)c2)cc(CCc2cc(O)c(O)c(O)c2)c1.OCCC[C@H](Cc1cc(CCc2cc(O)c(O)c(O)c2)cc(CCc2cc(O)c(O)c(O)c2)c1)[C@H](CO)Cc1cc(CCc2cc(O)c(O)c(O)c2)cc(CCc2cc(O)c(O)c(O)c2)c1. The number of aliphatic hydroxyl groups excluding tert-OH is 4. The molecule has 0 aliphatic heterocycles. The molecule has 0 radical (unpaired) electrons. The highest BCUT2D eigenvalue weighted by Crippen LogP contribution is 2.45. The van der Waals surface area contributed by atoms with Crippen molar-refractivity contribution in [1.29, 1.82) is 0 Å². The Labute approximate surface area is 762 Å². The van der Waals surface area contributed by atoms with Crippen LogP contribution in [0.5, 0.6) is 138 Å². The molecule has 28 heteroatoms. The minimum Gasteiger partial charge on any atom is -0.504 e. The van der Waals surface area contributed by atoms with Gasteiger partial charge in [0, 0.05) is 26.4 Å². The van der Waals surface area contributed by atoms with Gasteiger partial charge in [0.1, 0.15) is 0 Å². The first-order valence-corrected chi connectivity index (χ1v) is 43.8. The third-order valence-corrected chi connectivity index (χ3v) is 24.4. The average Bonchev–Trinajstić information content (AvgIpc) is 0.835. The molecule has 28 nitrogen and oxygen atoms in total. The van der Waals surface area contributed by atoms with Gasteiger partial charge >= 0.3 is 0 Å². The second-order valence-corrected chi connectivity index (χ2v) is 34.4. The van der Waals surface area contributed by atoms with E-state index in [4.69, 9.17) is 0 Å². The highest BCUT2D eigenvalue weighted by Gasteiger charge is 2.27. The van der Waals surface area contributed by atoms with Crippen molar-refractivity contribution < 1.29 is 143 Å². The van der Waals surface area contributed by atoms with Gasteiger partial charge < -0.3 is 143 Å². The molecule has 132 heavy (non-hydrogen) atoms. The lowest BCUT2D eigenvalue weighted by molar-refractivity contribution is 0.158. The molecule has 0 heterocycles. The zero-order chi connectivity index (χ0) is 95.3. The van der Waals surface area contributed by atoms with Gasteiger partial charge in [0.2, 0.25) is 0 Å². The molecule has 0 unspecified atom stereocenters. The first-order valence-electron chi connectivity index (χ1n) is 43.8. The van der Waals surface area contributed by atoms with Crippen molar-refractivity contribution in [1.82, 2.24) is 0 Å². The summed E-state index contributed by atoms with van der Waals surface area (Å²) in [5, 5.41) is 283. The number of benzene rings is 12. The van der Waals surface area contributed by atoms with E-state index in [1.807, 2.05) is 48.5 Å². The molecule has 12 aromatic carbocycles. The topological polar surface area (TPSA) is 566 Å². The van der Waals surface area contributed by atoms with Crippen LogP contribution in [-0.4, -0.2) is 169 Å². The highest BCUT2D eigenvalue weighted by atomic mass is 16.4. The molecule has 0 bridgehead atoms. The summed E-state index contributed by atoms with van der Waals surface area (Å²) < 4.78 is 0. The van der Waals surface area contributed by atoms with Crippen LogP contribution in [0.25, 0.3) is 0 Å². The molecular formula is C104H116O28. The van der Waals surface area contributed by atoms with E-state index < -0.39 is 138 Å². The normalized spacial score (nSPS) is 12.3. The summed E-state index contributed by atoms with van der Waals surface area (Å²) >= 11 is 0. The lowest BCUT2D eigenvalue weighted by Crippen LogP contribution is -2.24. The van der Waals surface area contributed by atoms with E-state index in [2.05, 4.69) is 24.3 Å². The quantitative estimate of drug-likeness (QED) is 0.0158. The fourth-order valence-electron chi connectivity index (χ4n) is 17.4. The molecule has 0 aliphatic carbocycles. The largest absolute Gasteiger partial charge is 0.504 e. The predicted octanol–water partition coefficient (Wildman–Crippen LogP) is 14.2. The van der Waals surface area contributed by atoms with Crippen molar-refractivity contribution in [3.8, 4) is 138 Å². The third-order valence-electron chi connectivity index (χ3n) is 24.4. The van der Waals surface area contributed by atoms with Crippen molar-refractivity contribution in [2.45, 2.75) is 154 Å². The zero-order valence-electron chi connectivity index (χ0n) is 72.8. The Morgan fingerprint density at radius 2 is 0.242 bits per heavy atom. The van der Waals surface area contributed by atoms with Crippen LogP contribution >= 0.6 is 0 Å². The molecule has 4 atom stereocenters. The molecule has 12 rings (SSSR count). The van der Waals surface area contributed by atoms with Gasteiger partial charge in [-0.05, 0) is 386 Å². The van der Waals surface area contributed by atoms with Gasteiger partial charge in [-0.1, -0.05) is 72.8 Å². The van der Waals surface area contributed by atoms with E-state index in [1.165, 1.54) is 97.1 Å². The summed E-state index contributed by atoms with van der Waals surface area (Å²) in [5.41, 5.74) is 16.1. The van der Waals surface area contributed by atoms with Crippen molar-refractivity contribution in [3.05, 3.63) is 281 Å². The van der Waals surface area contributed by atoms with Crippen LogP contribution in [-0.2, 0) is 128 Å². The summed E-state index contributed by atoms with van der Waals surface area (Å²) in [6.07, 6.45) is 11.4. The van der Waals surface area contributed by atoms with Gasteiger partial charge in [-0.2, -0.15) is 0 Å². The number of aromatic hydroxyl groups is 24. The predicted molar refractivity (Wildman–Crippen MR) is 492 cm³/mol. The third kappa shape index (κ3) is 26.9. The van der Waals surface area contributed by atoms with Crippen LogP contribution in [0.3, 0.4) is 0 Å². The summed E-state index contributed by atoms with van der Waals surface area (Å²) in [6, 6.07) is 46.9. The summed E-state index contributed by atoms with van der Waals surface area (Å²) in [7, 11) is 0. The van der Waals surface area contributed by atoms with Crippen molar-refractivity contribution in [3.63, 3.8) is 0 Å². The van der Waals surface area contributed by atoms with Crippen molar-refractivity contribution in [2.75, 3.05) is 26.4 Å². The van der Waals surface area contributed by atoms with Gasteiger partial charge in [0.25, 0.3) is 0 Å². The van der Waals surface area contributed by atoms with Gasteiger partial charge in [0.15, 0.2) is 138 Å². The molecule has 0 saturated carbocycles. The average molecular weight is 1810 g/mol. The molecular weight excluding hydrogens is 1700 g/mol. The monoisotopic (exact) mass is 1810 g/mol. The fourth-order valence-corrected chi connectivity index (χ4v) is 17.4. The Bertz CT molecular complexity index is 5140. The first kappa shape index (κ1) is 98.3. The molecule has 0 fully saturated rings. The number of hydrogen-bond donors (Lipinski definition) is 28. The molecule has 0 aromatic heterocycles. The van der Waals surface area contributed by atoms with Crippen LogP contribution < -0.4 is 0 Å². The lowest BCUT2D eigenvalue weighted by atomic mass is 9.79. The van der Waals surface area contributed by atoms with Crippen molar-refractivity contribution in [2.24, 2.45) is 23.7 Å². The van der Waals surface area contributed by atoms with Gasteiger partial charge in [0.05, 0.1) is 0 Å². The number of hydrogen-bond acceptors (Lipinski definition) is 28. The minimum absolute atomic E-state index is 0.0526. The maximum atomic E-state index is 11.1. The fraction of sp³-hybridized carbons (Fsp3) is 0.308. The smallest absolute Gasteiger partial charge is 0.200 e. The molecule has 700 valence electrons. The first-order chi connectivity index (χ1) is 63.0. The molecule has 12 aromatic rings. The van der Waals surface area contributed by atoms with Crippen LogP contribution in [0, 0.1) is 23.7 Å². The van der Waals surface area contributed by atoms with Gasteiger partial charge in [-0.3, -0.25) is 0 Å². The number of phenolic OH excluding ortho intramolecular Hbond substituents is 24. The van der Waals surface area contributed by atoms with E-state index in [9.17, 15) is 143 Å². The summed E-state index contributed by atoms with van der Waals surface area (Å²) in [4.78, 5) is 0. The maximum absolute atomic E-state index is 11.1. The van der Waals surface area contributed by atoms with E-state index >= 15 is 0 Å². The summed E-state index contributed by atoms with van der Waals surface area (Å²) in [5.74, 6) is -12.5. The Morgan fingerprint density at radius 1 is 0.136 bits per heavy atom. The molecule has 0 aliphatic rings. The maximum Gasteiger partial charge on any atom is 0.200 e. The Balaban J connectivity index is 0.000000255. The molecule has 28 N–H and O–H groups in total. The van der Waals surface area contributed by atoms with E-state index in [1.54, 1.807) is 0 Å². The van der Waals surface area contributed by atoms with Crippen LogP contribution in [0.15, 0.2) is 170 Å². The van der Waals surface area contributed by atoms with Crippen molar-refractivity contribution >= 4 is 0 Å². The van der Waals surface area contributed by atoms with Gasteiger partial charge in [-0.15, -0.1) is 0 Å². The van der Waals surface area contributed by atoms with Gasteiger partial charge in [-0.25, -0.2) is 0 Å². The number of aliphatic hydroxyl groups is 4. The Hall–Kier alpha value is -14.3. The highest BCUT2D eigenvalue weighted by molar-refractivity contribution is 5.58. The van der Waals surface area contributed by atoms with E-state index in [-0.39, 0.29) is 50.1 Å². The number of rotatable bonds is 42.